The highest BCUT2D eigenvalue weighted by Crippen LogP contribution is 2.24. The number of aryl methyl sites for hydroxylation is 1. The molecule has 7 heteroatoms. The van der Waals surface area contributed by atoms with E-state index in [1.54, 1.807) is 19.2 Å². The van der Waals surface area contributed by atoms with Gasteiger partial charge in [0.05, 0.1) is 10.6 Å². The highest BCUT2D eigenvalue weighted by atomic mass is 32.2. The molecule has 1 aromatic carbocycles. The van der Waals surface area contributed by atoms with Crippen molar-refractivity contribution in [2.24, 2.45) is 5.73 Å². The van der Waals surface area contributed by atoms with Gasteiger partial charge in [-0.15, -0.1) is 0 Å². The van der Waals surface area contributed by atoms with Crippen molar-refractivity contribution in [3.63, 3.8) is 0 Å². The zero-order valence-electron chi connectivity index (χ0n) is 11.7. The molecule has 0 amide bonds. The van der Waals surface area contributed by atoms with E-state index in [0.29, 0.717) is 16.8 Å². The molecule has 5 nitrogen and oxygen atoms in total. The number of nitrogens with one attached hydrogen (secondary N) is 1. The maximum Gasteiger partial charge on any atom is 0.262 e. The molecule has 0 saturated carbocycles. The van der Waals surface area contributed by atoms with Gasteiger partial charge in [-0.05, 0) is 43.2 Å². The van der Waals surface area contributed by atoms with E-state index in [4.69, 9.17) is 5.73 Å². The van der Waals surface area contributed by atoms with Gasteiger partial charge < -0.3 is 5.73 Å². The SMILES string of the molecule is Cc1cnccc1NS(=O)(=O)c1cc(CN)cc(F)c1C. The largest absolute Gasteiger partial charge is 0.326 e. The molecule has 1 heterocycles. The second kappa shape index (κ2) is 5.79. The molecule has 0 unspecified atom stereocenters. The summed E-state index contributed by atoms with van der Waals surface area (Å²) in [6.45, 7) is 3.21. The quantitative estimate of drug-likeness (QED) is 0.905. The molecule has 0 bridgehead atoms. The minimum atomic E-state index is -3.89. The number of rotatable bonds is 4. The average Bonchev–Trinajstić information content (AvgIpc) is 2.43. The Kier molecular flexibility index (Phi) is 4.24. The molecule has 0 radical (unpaired) electrons. The van der Waals surface area contributed by atoms with Crippen molar-refractivity contribution in [1.29, 1.82) is 0 Å². The number of benzene rings is 1. The zero-order valence-corrected chi connectivity index (χ0v) is 12.5. The van der Waals surface area contributed by atoms with Crippen LogP contribution in [-0.4, -0.2) is 13.4 Å². The van der Waals surface area contributed by atoms with Crippen LogP contribution in [0.1, 0.15) is 16.7 Å². The van der Waals surface area contributed by atoms with Crippen LogP contribution in [0.2, 0.25) is 0 Å². The van der Waals surface area contributed by atoms with Crippen LogP contribution >= 0.6 is 0 Å². The molecule has 112 valence electrons. The number of hydrogen-bond donors (Lipinski definition) is 2. The van der Waals surface area contributed by atoms with Gasteiger partial charge in [0, 0.05) is 24.5 Å². The lowest BCUT2D eigenvalue weighted by molar-refractivity contribution is 0.589. The van der Waals surface area contributed by atoms with Gasteiger partial charge in [-0.3, -0.25) is 9.71 Å². The first-order valence-corrected chi connectivity index (χ1v) is 7.76. The van der Waals surface area contributed by atoms with Crippen LogP contribution in [0.5, 0.6) is 0 Å². The summed E-state index contributed by atoms with van der Waals surface area (Å²) in [7, 11) is -3.89. The molecule has 2 aromatic rings. The van der Waals surface area contributed by atoms with Crippen molar-refractivity contribution < 1.29 is 12.8 Å². The van der Waals surface area contributed by atoms with E-state index in [1.807, 2.05) is 0 Å². The van der Waals surface area contributed by atoms with E-state index < -0.39 is 15.8 Å². The van der Waals surface area contributed by atoms with Crippen LogP contribution in [0, 0.1) is 19.7 Å². The smallest absolute Gasteiger partial charge is 0.262 e. The molecule has 0 saturated heterocycles. The van der Waals surface area contributed by atoms with Crippen molar-refractivity contribution in [2.45, 2.75) is 25.3 Å². The van der Waals surface area contributed by atoms with Crippen LogP contribution in [0.4, 0.5) is 10.1 Å². The predicted octanol–water partition coefficient (Wildman–Crippen LogP) is 2.10. The first-order chi connectivity index (χ1) is 9.85. The molecule has 3 N–H and O–H groups in total. The number of aromatic nitrogens is 1. The third-order valence-corrected chi connectivity index (χ3v) is 4.64. The number of anilines is 1. The van der Waals surface area contributed by atoms with Gasteiger partial charge in [0.2, 0.25) is 0 Å². The fraction of sp³-hybridized carbons (Fsp3) is 0.214. The number of pyridine rings is 1. The Balaban J connectivity index is 2.50. The standard InChI is InChI=1S/C14H16FN3O2S/c1-9-8-17-4-3-13(9)18-21(19,20)14-6-11(7-16)5-12(15)10(14)2/h3-6,8H,7,16H2,1-2H3,(H,17,18). The molecule has 0 aliphatic carbocycles. The molecule has 0 aliphatic rings. The highest BCUT2D eigenvalue weighted by molar-refractivity contribution is 7.92. The summed E-state index contributed by atoms with van der Waals surface area (Å²) in [6.07, 6.45) is 3.02. The predicted molar refractivity (Wildman–Crippen MR) is 78.8 cm³/mol. The molecule has 1 aromatic heterocycles. The molecule has 21 heavy (non-hydrogen) atoms. The van der Waals surface area contributed by atoms with Gasteiger partial charge >= 0.3 is 0 Å². The third-order valence-electron chi connectivity index (χ3n) is 3.15. The Bertz CT molecular complexity index is 776. The van der Waals surface area contributed by atoms with Crippen LogP contribution < -0.4 is 10.5 Å². The number of sulfonamides is 1. The van der Waals surface area contributed by atoms with Crippen molar-refractivity contribution in [1.82, 2.24) is 4.98 Å². The monoisotopic (exact) mass is 309 g/mol. The lowest BCUT2D eigenvalue weighted by atomic mass is 10.1. The van der Waals surface area contributed by atoms with E-state index in [1.165, 1.54) is 25.3 Å². The Morgan fingerprint density at radius 1 is 1.33 bits per heavy atom. The molecular weight excluding hydrogens is 293 g/mol. The maximum atomic E-state index is 13.8. The second-order valence-electron chi connectivity index (χ2n) is 4.70. The van der Waals surface area contributed by atoms with Gasteiger partial charge in [-0.1, -0.05) is 0 Å². The summed E-state index contributed by atoms with van der Waals surface area (Å²) in [4.78, 5) is 3.78. The fourth-order valence-electron chi connectivity index (χ4n) is 1.89. The van der Waals surface area contributed by atoms with Crippen LogP contribution in [0.25, 0.3) is 0 Å². The summed E-state index contributed by atoms with van der Waals surface area (Å²) in [5, 5.41) is 0. The third kappa shape index (κ3) is 3.20. The maximum absolute atomic E-state index is 13.8. The van der Waals surface area contributed by atoms with Crippen LogP contribution in [-0.2, 0) is 16.6 Å². The number of nitrogens with two attached hydrogens (primary N) is 1. The van der Waals surface area contributed by atoms with E-state index in [2.05, 4.69) is 9.71 Å². The Hall–Kier alpha value is -1.99. The summed E-state index contributed by atoms with van der Waals surface area (Å²) < 4.78 is 41.2. The topological polar surface area (TPSA) is 85.1 Å². The van der Waals surface area contributed by atoms with Crippen molar-refractivity contribution in [3.8, 4) is 0 Å². The summed E-state index contributed by atoms with van der Waals surface area (Å²) in [5.41, 5.74) is 7.03. The zero-order chi connectivity index (χ0) is 15.6. The summed E-state index contributed by atoms with van der Waals surface area (Å²) in [6, 6.07) is 4.18. The first-order valence-electron chi connectivity index (χ1n) is 6.27. The Labute approximate surface area is 123 Å². The second-order valence-corrected chi connectivity index (χ2v) is 6.35. The lowest BCUT2D eigenvalue weighted by Gasteiger charge is -2.13. The molecule has 0 fully saturated rings. The van der Waals surface area contributed by atoms with E-state index in [9.17, 15) is 12.8 Å². The number of nitrogens with zero attached hydrogens (tertiary/aromatic N) is 1. The lowest BCUT2D eigenvalue weighted by Crippen LogP contribution is -2.16. The Morgan fingerprint density at radius 2 is 2.05 bits per heavy atom. The normalized spacial score (nSPS) is 11.4. The van der Waals surface area contributed by atoms with Gasteiger partial charge in [0.25, 0.3) is 10.0 Å². The minimum Gasteiger partial charge on any atom is -0.326 e. The van der Waals surface area contributed by atoms with E-state index in [-0.39, 0.29) is 17.0 Å². The van der Waals surface area contributed by atoms with Crippen LogP contribution in [0.3, 0.4) is 0 Å². The van der Waals surface area contributed by atoms with Crippen molar-refractivity contribution in [3.05, 3.63) is 53.1 Å². The average molecular weight is 309 g/mol. The van der Waals surface area contributed by atoms with Gasteiger partial charge in [0.15, 0.2) is 0 Å². The van der Waals surface area contributed by atoms with Gasteiger partial charge in [-0.25, -0.2) is 12.8 Å². The number of hydrogen-bond acceptors (Lipinski definition) is 4. The first kappa shape index (κ1) is 15.4. The fourth-order valence-corrected chi connectivity index (χ4v) is 3.33. The van der Waals surface area contributed by atoms with Gasteiger partial charge in [-0.2, -0.15) is 0 Å². The molecule has 0 atom stereocenters. The van der Waals surface area contributed by atoms with Crippen LogP contribution in [0.15, 0.2) is 35.5 Å². The highest BCUT2D eigenvalue weighted by Gasteiger charge is 2.20. The van der Waals surface area contributed by atoms with E-state index >= 15 is 0 Å². The Morgan fingerprint density at radius 3 is 2.67 bits per heavy atom. The van der Waals surface area contributed by atoms with E-state index in [0.717, 1.165) is 0 Å². The summed E-state index contributed by atoms with van der Waals surface area (Å²) in [5.74, 6) is -0.593. The molecular formula is C14H16FN3O2S. The molecule has 0 aliphatic heterocycles. The summed E-state index contributed by atoms with van der Waals surface area (Å²) >= 11 is 0. The van der Waals surface area contributed by atoms with Crippen molar-refractivity contribution >= 4 is 15.7 Å². The van der Waals surface area contributed by atoms with Gasteiger partial charge in [0.1, 0.15) is 5.82 Å². The molecule has 2 rings (SSSR count). The minimum absolute atomic E-state index is 0.0615. The van der Waals surface area contributed by atoms with Crippen molar-refractivity contribution in [2.75, 3.05) is 4.72 Å². The number of halogens is 1. The molecule has 0 spiro atoms.